The average molecular weight is 263 g/mol. The minimum atomic E-state index is -0.799. The minimum absolute atomic E-state index is 0.298. The molecule has 0 spiro atoms. The summed E-state index contributed by atoms with van der Waals surface area (Å²) in [5.74, 6) is -1.90. The summed E-state index contributed by atoms with van der Waals surface area (Å²) < 4.78 is 23.9. The van der Waals surface area contributed by atoms with Gasteiger partial charge >= 0.3 is 0 Å². The second-order valence-electron chi connectivity index (χ2n) is 3.39. The highest BCUT2D eigenvalue weighted by molar-refractivity contribution is 6.35. The first-order chi connectivity index (χ1) is 9.15. The van der Waals surface area contributed by atoms with Crippen molar-refractivity contribution in [2.24, 2.45) is 5.16 Å². The molecule has 0 atom stereocenters. The van der Waals surface area contributed by atoms with Crippen molar-refractivity contribution in [1.82, 2.24) is 0 Å². The number of nitrogens with zero attached hydrogens (tertiary/aromatic N) is 1. The molecule has 0 fully saturated rings. The molecule has 0 radical (unpaired) electrons. The van der Waals surface area contributed by atoms with Crippen molar-refractivity contribution in [3.63, 3.8) is 0 Å². The van der Waals surface area contributed by atoms with Gasteiger partial charge in [-0.2, -0.15) is 0 Å². The fraction of sp³-hybridized carbons (Fsp3) is 0. The number of rotatable bonds is 2. The Morgan fingerprint density at radius 3 is 1.84 bits per heavy atom. The number of hydrogen-bond donors (Lipinski definition) is 1. The van der Waals surface area contributed by atoms with E-state index in [2.05, 4.69) is 5.16 Å². The largest absolute Gasteiger partial charge is 0.411 e. The molecule has 0 aliphatic heterocycles. The highest BCUT2D eigenvalue weighted by atomic mass is 19.2. The summed E-state index contributed by atoms with van der Waals surface area (Å²) in [5, 5.41) is 10.7. The molecular formula is C14H11F2NO2. The van der Waals surface area contributed by atoms with Gasteiger partial charge in [0.25, 0.3) is 0 Å². The average Bonchev–Trinajstić information content (AvgIpc) is 2.44. The van der Waals surface area contributed by atoms with Gasteiger partial charge in [0.2, 0.25) is 5.78 Å². The Morgan fingerprint density at radius 1 is 0.947 bits per heavy atom. The summed E-state index contributed by atoms with van der Waals surface area (Å²) in [7, 11) is 0. The fourth-order valence-corrected chi connectivity index (χ4v) is 1.17. The van der Waals surface area contributed by atoms with Crippen molar-refractivity contribution in [2.75, 3.05) is 0 Å². The monoisotopic (exact) mass is 263 g/mol. The topological polar surface area (TPSA) is 49.7 Å². The highest BCUT2D eigenvalue weighted by Gasteiger charge is 1.99. The van der Waals surface area contributed by atoms with Gasteiger partial charge in [-0.3, -0.25) is 4.79 Å². The normalized spacial score (nSPS) is 9.79. The molecule has 0 aliphatic carbocycles. The van der Waals surface area contributed by atoms with E-state index < -0.39 is 11.6 Å². The standard InChI is InChI=1S/C8H7NO2.C6H4F2/c10-8(6-9-11)7-4-2-1-3-5-7;7-5-3-1-2-4-6(5)8/h1-6,11H;1-4H. The molecule has 2 rings (SSSR count). The third-order valence-corrected chi connectivity index (χ3v) is 2.06. The van der Waals surface area contributed by atoms with Gasteiger partial charge in [0.1, 0.15) is 6.21 Å². The molecule has 0 aromatic heterocycles. The Bertz CT molecular complexity index is 535. The van der Waals surface area contributed by atoms with Crippen LogP contribution in [0.5, 0.6) is 0 Å². The number of hydrogen-bond acceptors (Lipinski definition) is 3. The lowest BCUT2D eigenvalue weighted by molar-refractivity contribution is 0.106. The molecule has 2 aromatic rings. The molecule has 0 saturated heterocycles. The number of halogens is 2. The molecule has 2 aromatic carbocycles. The van der Waals surface area contributed by atoms with E-state index in [1.54, 1.807) is 24.3 Å². The fourth-order valence-electron chi connectivity index (χ4n) is 1.17. The molecular weight excluding hydrogens is 252 g/mol. The van der Waals surface area contributed by atoms with E-state index in [9.17, 15) is 13.6 Å². The third-order valence-electron chi connectivity index (χ3n) is 2.06. The molecule has 98 valence electrons. The van der Waals surface area contributed by atoms with E-state index in [-0.39, 0.29) is 5.78 Å². The van der Waals surface area contributed by atoms with Crippen LogP contribution in [0.1, 0.15) is 10.4 Å². The maximum absolute atomic E-state index is 11.9. The van der Waals surface area contributed by atoms with E-state index in [1.807, 2.05) is 6.07 Å². The van der Waals surface area contributed by atoms with E-state index in [0.29, 0.717) is 5.56 Å². The Hall–Kier alpha value is -2.56. The van der Waals surface area contributed by atoms with Crippen LogP contribution in [0.25, 0.3) is 0 Å². The first-order valence-electron chi connectivity index (χ1n) is 5.32. The molecule has 0 amide bonds. The summed E-state index contributed by atoms with van der Waals surface area (Å²) in [6, 6.07) is 13.7. The maximum Gasteiger partial charge on any atom is 0.207 e. The Kier molecular flexibility index (Phi) is 5.88. The van der Waals surface area contributed by atoms with E-state index in [4.69, 9.17) is 5.21 Å². The first kappa shape index (κ1) is 14.5. The van der Waals surface area contributed by atoms with Crippen LogP contribution in [0.4, 0.5) is 8.78 Å². The van der Waals surface area contributed by atoms with Crippen LogP contribution in [0, 0.1) is 11.6 Å². The van der Waals surface area contributed by atoms with Gasteiger partial charge in [-0.1, -0.05) is 47.6 Å². The number of ketones is 1. The zero-order chi connectivity index (χ0) is 14.1. The lowest BCUT2D eigenvalue weighted by Crippen LogP contribution is -1.98. The number of benzene rings is 2. The number of oxime groups is 1. The molecule has 0 saturated carbocycles. The lowest BCUT2D eigenvalue weighted by Gasteiger charge is -1.90. The quantitative estimate of drug-likeness (QED) is 0.391. The van der Waals surface area contributed by atoms with Gasteiger partial charge in [-0.15, -0.1) is 0 Å². The van der Waals surface area contributed by atoms with Gasteiger partial charge in [0.15, 0.2) is 11.6 Å². The molecule has 0 bridgehead atoms. The molecule has 0 heterocycles. The van der Waals surface area contributed by atoms with E-state index in [1.165, 1.54) is 12.1 Å². The van der Waals surface area contributed by atoms with Crippen LogP contribution in [-0.2, 0) is 0 Å². The minimum Gasteiger partial charge on any atom is -0.411 e. The molecule has 5 heteroatoms. The van der Waals surface area contributed by atoms with Crippen molar-refractivity contribution < 1.29 is 18.8 Å². The predicted octanol–water partition coefficient (Wildman–Crippen LogP) is 3.29. The molecule has 19 heavy (non-hydrogen) atoms. The number of Topliss-reactive ketones (excluding diaryl/α,β-unsaturated/α-hetero) is 1. The smallest absolute Gasteiger partial charge is 0.207 e. The van der Waals surface area contributed by atoms with Crippen molar-refractivity contribution >= 4 is 12.0 Å². The molecule has 3 nitrogen and oxygen atoms in total. The zero-order valence-corrected chi connectivity index (χ0v) is 9.83. The van der Waals surface area contributed by atoms with Crippen molar-refractivity contribution in [3.05, 3.63) is 71.8 Å². The summed E-state index contributed by atoms with van der Waals surface area (Å²) >= 11 is 0. The summed E-state index contributed by atoms with van der Waals surface area (Å²) in [5.41, 5.74) is 0.519. The first-order valence-corrected chi connectivity index (χ1v) is 5.32. The van der Waals surface area contributed by atoms with Gasteiger partial charge < -0.3 is 5.21 Å². The van der Waals surface area contributed by atoms with Crippen LogP contribution in [0.2, 0.25) is 0 Å². The lowest BCUT2D eigenvalue weighted by atomic mass is 10.1. The van der Waals surface area contributed by atoms with Crippen LogP contribution in [0.15, 0.2) is 59.8 Å². The van der Waals surface area contributed by atoms with Crippen molar-refractivity contribution in [2.45, 2.75) is 0 Å². The molecule has 0 aliphatic rings. The molecule has 0 unspecified atom stereocenters. The number of carbonyl (C=O) groups excluding carboxylic acids is 1. The van der Waals surface area contributed by atoms with Gasteiger partial charge in [0.05, 0.1) is 0 Å². The van der Waals surface area contributed by atoms with Crippen LogP contribution < -0.4 is 0 Å². The van der Waals surface area contributed by atoms with Gasteiger partial charge in [-0.25, -0.2) is 8.78 Å². The van der Waals surface area contributed by atoms with Crippen LogP contribution in [-0.4, -0.2) is 17.2 Å². The SMILES string of the molecule is Fc1ccccc1F.O=C(C=NO)c1ccccc1. The molecule has 1 N–H and O–H groups in total. The summed E-state index contributed by atoms with van der Waals surface area (Å²) in [4.78, 5) is 10.9. The second kappa shape index (κ2) is 7.71. The van der Waals surface area contributed by atoms with Crippen LogP contribution >= 0.6 is 0 Å². The second-order valence-corrected chi connectivity index (χ2v) is 3.39. The van der Waals surface area contributed by atoms with Gasteiger partial charge in [0, 0.05) is 5.56 Å². The Morgan fingerprint density at radius 2 is 1.42 bits per heavy atom. The number of carbonyl (C=O) groups is 1. The van der Waals surface area contributed by atoms with E-state index >= 15 is 0 Å². The zero-order valence-electron chi connectivity index (χ0n) is 9.83. The maximum atomic E-state index is 11.9. The summed E-state index contributed by atoms with van der Waals surface area (Å²) in [6.07, 6.45) is 0.870. The Labute approximate surface area is 108 Å². The van der Waals surface area contributed by atoms with Crippen molar-refractivity contribution in [3.8, 4) is 0 Å². The Balaban J connectivity index is 0.000000200. The highest BCUT2D eigenvalue weighted by Crippen LogP contribution is 2.01. The third kappa shape index (κ3) is 5.08. The van der Waals surface area contributed by atoms with Crippen molar-refractivity contribution in [1.29, 1.82) is 0 Å². The predicted molar refractivity (Wildman–Crippen MR) is 67.4 cm³/mol. The summed E-state index contributed by atoms with van der Waals surface area (Å²) in [6.45, 7) is 0. The van der Waals surface area contributed by atoms with Crippen LogP contribution in [0.3, 0.4) is 0 Å². The van der Waals surface area contributed by atoms with E-state index in [0.717, 1.165) is 18.3 Å². The van der Waals surface area contributed by atoms with Gasteiger partial charge in [-0.05, 0) is 12.1 Å².